The molecule has 32 heavy (non-hydrogen) atoms. The second-order valence-electron chi connectivity index (χ2n) is 8.21. The Balaban J connectivity index is 1.49. The van der Waals surface area contributed by atoms with Gasteiger partial charge in [0, 0.05) is 30.3 Å². The average molecular weight is 440 g/mol. The molecule has 170 valence electrons. The molecule has 0 spiro atoms. The lowest BCUT2D eigenvalue weighted by Gasteiger charge is -2.30. The molecule has 1 aliphatic heterocycles. The van der Waals surface area contributed by atoms with Gasteiger partial charge in [-0.05, 0) is 56.2 Å². The summed E-state index contributed by atoms with van der Waals surface area (Å²) in [5.41, 5.74) is 0.993. The van der Waals surface area contributed by atoms with Crippen LogP contribution < -0.4 is 5.32 Å². The predicted molar refractivity (Wildman–Crippen MR) is 117 cm³/mol. The highest BCUT2D eigenvalue weighted by Crippen LogP contribution is 2.22. The van der Waals surface area contributed by atoms with Gasteiger partial charge in [0.1, 0.15) is 0 Å². The molecule has 1 aromatic heterocycles. The number of nitrogens with one attached hydrogen (secondary N) is 1. The minimum absolute atomic E-state index is 0.108. The molecule has 0 radical (unpaired) electrons. The molecule has 8 nitrogen and oxygen atoms in total. The van der Waals surface area contributed by atoms with Crippen LogP contribution in [-0.2, 0) is 14.3 Å². The van der Waals surface area contributed by atoms with E-state index in [-0.39, 0.29) is 35.2 Å². The van der Waals surface area contributed by atoms with E-state index in [0.29, 0.717) is 37.2 Å². The van der Waals surface area contributed by atoms with Gasteiger partial charge in [-0.25, -0.2) is 0 Å². The molecule has 2 heterocycles. The summed E-state index contributed by atoms with van der Waals surface area (Å²) in [6.07, 6.45) is 1.46. The zero-order valence-corrected chi connectivity index (χ0v) is 18.5. The van der Waals surface area contributed by atoms with Crippen molar-refractivity contribution in [2.45, 2.75) is 39.7 Å². The first kappa shape index (κ1) is 23.2. The number of rotatable bonds is 7. The van der Waals surface area contributed by atoms with E-state index in [4.69, 9.17) is 9.15 Å². The van der Waals surface area contributed by atoms with Crippen LogP contribution in [0.25, 0.3) is 0 Å². The van der Waals surface area contributed by atoms with Gasteiger partial charge >= 0.3 is 5.97 Å². The summed E-state index contributed by atoms with van der Waals surface area (Å²) in [6, 6.07) is 9.76. The molecule has 1 aromatic carbocycles. The van der Waals surface area contributed by atoms with Gasteiger partial charge in [0.05, 0.1) is 12.2 Å². The molecular weight excluding hydrogens is 412 g/mol. The van der Waals surface area contributed by atoms with Crippen molar-refractivity contribution in [1.29, 1.82) is 0 Å². The van der Waals surface area contributed by atoms with Crippen LogP contribution in [0.4, 0.5) is 5.69 Å². The number of Topliss-reactive ketones (excluding diaryl/α,β-unsaturated/α-hetero) is 1. The number of likely N-dealkylation sites (tertiary alicyclic amines) is 1. The normalized spacial score (nSPS) is 15.3. The van der Waals surface area contributed by atoms with Crippen molar-refractivity contribution in [2.75, 3.05) is 18.4 Å². The van der Waals surface area contributed by atoms with Gasteiger partial charge in [-0.15, -0.1) is 0 Å². The van der Waals surface area contributed by atoms with Gasteiger partial charge in [-0.2, -0.15) is 0 Å². The fraction of sp³-hybridized carbons (Fsp3) is 0.417. The number of carbonyl (C=O) groups excluding carboxylic acids is 4. The van der Waals surface area contributed by atoms with Crippen molar-refractivity contribution in [1.82, 2.24) is 4.90 Å². The van der Waals surface area contributed by atoms with Crippen LogP contribution in [0, 0.1) is 11.8 Å². The fourth-order valence-electron chi connectivity index (χ4n) is 3.44. The number of ketones is 1. The summed E-state index contributed by atoms with van der Waals surface area (Å²) >= 11 is 0. The van der Waals surface area contributed by atoms with Crippen molar-refractivity contribution in [3.8, 4) is 0 Å². The Morgan fingerprint density at radius 3 is 2.25 bits per heavy atom. The Labute approximate surface area is 186 Å². The van der Waals surface area contributed by atoms with Crippen LogP contribution in [0.15, 0.2) is 47.1 Å². The van der Waals surface area contributed by atoms with Crippen molar-refractivity contribution < 1.29 is 28.3 Å². The van der Waals surface area contributed by atoms with E-state index in [1.807, 2.05) is 0 Å². The zero-order valence-electron chi connectivity index (χ0n) is 18.5. The number of benzene rings is 1. The molecule has 1 unspecified atom stereocenters. The molecule has 8 heteroatoms. The van der Waals surface area contributed by atoms with E-state index in [0.717, 1.165) is 0 Å². The SMILES string of the molecule is CC(C)C(=O)Nc1ccc(C(=O)C(C)OC(=O)C2CCN(C(=O)c3ccco3)CC2)cc1. The maximum Gasteiger partial charge on any atom is 0.309 e. The molecule has 1 fully saturated rings. The minimum Gasteiger partial charge on any atom is -0.459 e. The second kappa shape index (κ2) is 10.3. The van der Waals surface area contributed by atoms with E-state index < -0.39 is 12.1 Å². The van der Waals surface area contributed by atoms with Gasteiger partial charge in [-0.1, -0.05) is 13.8 Å². The van der Waals surface area contributed by atoms with Gasteiger partial charge in [0.2, 0.25) is 11.7 Å². The van der Waals surface area contributed by atoms with Crippen molar-refractivity contribution in [3.05, 3.63) is 54.0 Å². The quantitative estimate of drug-likeness (QED) is 0.521. The summed E-state index contributed by atoms with van der Waals surface area (Å²) in [5.74, 6) is -1.28. The van der Waals surface area contributed by atoms with Crippen LogP contribution in [0.2, 0.25) is 0 Å². The molecule has 1 atom stereocenters. The van der Waals surface area contributed by atoms with Crippen molar-refractivity contribution in [3.63, 3.8) is 0 Å². The van der Waals surface area contributed by atoms with E-state index in [1.165, 1.54) is 6.26 Å². The van der Waals surface area contributed by atoms with Crippen LogP contribution in [0.1, 0.15) is 54.5 Å². The van der Waals surface area contributed by atoms with Crippen LogP contribution in [0.5, 0.6) is 0 Å². The monoisotopic (exact) mass is 440 g/mol. The lowest BCUT2D eigenvalue weighted by molar-refractivity contribution is -0.152. The summed E-state index contributed by atoms with van der Waals surface area (Å²) in [7, 11) is 0. The molecule has 1 aliphatic rings. The minimum atomic E-state index is -0.929. The first-order chi connectivity index (χ1) is 15.3. The zero-order chi connectivity index (χ0) is 23.3. The molecular formula is C24H28N2O6. The van der Waals surface area contributed by atoms with E-state index >= 15 is 0 Å². The number of carbonyl (C=O) groups is 4. The second-order valence-corrected chi connectivity index (χ2v) is 8.21. The van der Waals surface area contributed by atoms with Crippen molar-refractivity contribution >= 4 is 29.3 Å². The summed E-state index contributed by atoms with van der Waals surface area (Å²) in [4.78, 5) is 50.9. The third-order valence-corrected chi connectivity index (χ3v) is 5.47. The molecule has 0 aliphatic carbocycles. The first-order valence-corrected chi connectivity index (χ1v) is 10.7. The smallest absolute Gasteiger partial charge is 0.309 e. The van der Waals surface area contributed by atoms with Crippen LogP contribution in [0.3, 0.4) is 0 Å². The standard InChI is InChI=1S/C24H28N2O6/c1-15(2)22(28)25-19-8-6-17(7-9-19)21(27)16(3)32-24(30)18-10-12-26(13-11-18)23(29)20-5-4-14-31-20/h4-9,14-16,18H,10-13H2,1-3H3,(H,25,28). The Morgan fingerprint density at radius 1 is 1.03 bits per heavy atom. The molecule has 2 aromatic rings. The number of hydrogen-bond acceptors (Lipinski definition) is 6. The lowest BCUT2D eigenvalue weighted by Crippen LogP contribution is -2.41. The maximum atomic E-state index is 12.6. The molecule has 1 N–H and O–H groups in total. The molecule has 2 amide bonds. The number of amides is 2. The summed E-state index contributed by atoms with van der Waals surface area (Å²) < 4.78 is 10.6. The topological polar surface area (TPSA) is 106 Å². The van der Waals surface area contributed by atoms with Gasteiger partial charge in [0.25, 0.3) is 5.91 Å². The van der Waals surface area contributed by atoms with Crippen LogP contribution in [-0.4, -0.2) is 47.7 Å². The predicted octanol–water partition coefficient (Wildman–Crippen LogP) is 3.54. The number of anilines is 1. The van der Waals surface area contributed by atoms with E-state index in [9.17, 15) is 19.2 Å². The summed E-state index contributed by atoms with van der Waals surface area (Å²) in [6.45, 7) is 5.98. The number of piperidine rings is 1. The number of furan rings is 1. The highest BCUT2D eigenvalue weighted by atomic mass is 16.5. The van der Waals surface area contributed by atoms with E-state index in [1.54, 1.807) is 62.1 Å². The van der Waals surface area contributed by atoms with Crippen molar-refractivity contribution in [2.24, 2.45) is 11.8 Å². The van der Waals surface area contributed by atoms with Gasteiger partial charge in [0.15, 0.2) is 11.9 Å². The largest absolute Gasteiger partial charge is 0.459 e. The Morgan fingerprint density at radius 2 is 1.69 bits per heavy atom. The van der Waals surface area contributed by atoms with Gasteiger partial charge in [-0.3, -0.25) is 19.2 Å². The molecule has 0 saturated carbocycles. The van der Waals surface area contributed by atoms with Crippen LogP contribution >= 0.6 is 0 Å². The third-order valence-electron chi connectivity index (χ3n) is 5.47. The van der Waals surface area contributed by atoms with E-state index in [2.05, 4.69) is 5.32 Å². The number of ether oxygens (including phenoxy) is 1. The number of nitrogens with zero attached hydrogens (tertiary/aromatic N) is 1. The summed E-state index contributed by atoms with van der Waals surface area (Å²) in [5, 5.41) is 2.76. The third kappa shape index (κ3) is 5.63. The lowest BCUT2D eigenvalue weighted by atomic mass is 9.96. The fourth-order valence-corrected chi connectivity index (χ4v) is 3.44. The Bertz CT molecular complexity index is 957. The Hall–Kier alpha value is -3.42. The molecule has 3 rings (SSSR count). The first-order valence-electron chi connectivity index (χ1n) is 10.7. The number of esters is 1. The molecule has 1 saturated heterocycles. The number of hydrogen-bond donors (Lipinski definition) is 1. The highest BCUT2D eigenvalue weighted by molar-refractivity contribution is 6.01. The molecule has 0 bridgehead atoms. The maximum absolute atomic E-state index is 12.6. The van der Waals surface area contributed by atoms with Gasteiger partial charge < -0.3 is 19.4 Å². The Kier molecular flexibility index (Phi) is 7.45. The highest BCUT2D eigenvalue weighted by Gasteiger charge is 2.31. The average Bonchev–Trinajstić information content (AvgIpc) is 3.33.